The summed E-state index contributed by atoms with van der Waals surface area (Å²) in [4.78, 5) is 32.8. The Morgan fingerprint density at radius 1 is 1.33 bits per heavy atom. The van der Waals surface area contributed by atoms with Crippen molar-refractivity contribution in [3.8, 4) is 0 Å². The number of primary amides is 1. The Bertz CT molecular complexity index is 715. The number of nitrogens with one attached hydrogen (secondary N) is 1. The normalized spacial score (nSPS) is 12.5. The number of carboxylic acid groups (broad SMARTS) is 1. The van der Waals surface area contributed by atoms with Gasteiger partial charge in [0.15, 0.2) is 9.84 Å². The topological polar surface area (TPSA) is 144 Å². The van der Waals surface area contributed by atoms with Gasteiger partial charge in [0.2, 0.25) is 5.91 Å². The molecule has 0 saturated carbocycles. The van der Waals surface area contributed by atoms with Gasteiger partial charge >= 0.3 is 12.0 Å². The molecule has 1 aromatic carbocycles. The van der Waals surface area contributed by atoms with E-state index in [1.807, 2.05) is 0 Å². The molecule has 0 aliphatic rings. The quantitative estimate of drug-likeness (QED) is 0.695. The van der Waals surface area contributed by atoms with Crippen LogP contribution in [0.25, 0.3) is 0 Å². The number of benzene rings is 1. The summed E-state index contributed by atoms with van der Waals surface area (Å²) in [7, 11) is -4.31. The van der Waals surface area contributed by atoms with E-state index in [4.69, 9.17) is 10.8 Å². The second-order valence-electron chi connectivity index (χ2n) is 3.99. The Morgan fingerprint density at radius 3 is 2.38 bits per heavy atom. The SMILES string of the molecule is CC(C(=O)NC(N)=O)S(=O)(=O)c1cc(Br)ccc1C(=O)O. The van der Waals surface area contributed by atoms with Crippen molar-refractivity contribution >= 4 is 43.7 Å². The average molecular weight is 379 g/mol. The van der Waals surface area contributed by atoms with Crippen molar-refractivity contribution in [2.45, 2.75) is 17.1 Å². The molecule has 1 rings (SSSR count). The third-order valence-corrected chi connectivity index (χ3v) is 5.15. The van der Waals surface area contributed by atoms with Crippen LogP contribution >= 0.6 is 15.9 Å². The summed E-state index contributed by atoms with van der Waals surface area (Å²) in [6, 6.07) is 2.33. The molecule has 1 aromatic rings. The highest BCUT2D eigenvalue weighted by molar-refractivity contribution is 9.10. The van der Waals surface area contributed by atoms with Crippen LogP contribution < -0.4 is 11.1 Å². The van der Waals surface area contributed by atoms with Crippen molar-refractivity contribution in [3.05, 3.63) is 28.2 Å². The van der Waals surface area contributed by atoms with E-state index in [2.05, 4.69) is 15.9 Å². The van der Waals surface area contributed by atoms with Gasteiger partial charge in [0.1, 0.15) is 5.25 Å². The van der Waals surface area contributed by atoms with Gasteiger partial charge in [0.05, 0.1) is 10.5 Å². The van der Waals surface area contributed by atoms with Crippen molar-refractivity contribution in [1.29, 1.82) is 0 Å². The molecular formula is C11H11BrN2O6S. The minimum absolute atomic E-state index is 0.327. The summed E-state index contributed by atoms with van der Waals surface area (Å²) in [5.74, 6) is -2.60. The number of amides is 3. The van der Waals surface area contributed by atoms with Crippen molar-refractivity contribution in [1.82, 2.24) is 5.32 Å². The van der Waals surface area contributed by atoms with Crippen molar-refractivity contribution in [2.75, 3.05) is 0 Å². The van der Waals surface area contributed by atoms with Gasteiger partial charge in [-0.15, -0.1) is 0 Å². The molecule has 0 aliphatic carbocycles. The molecule has 114 valence electrons. The van der Waals surface area contributed by atoms with Gasteiger partial charge in [-0.1, -0.05) is 15.9 Å². The van der Waals surface area contributed by atoms with Gasteiger partial charge < -0.3 is 10.8 Å². The molecule has 0 bridgehead atoms. The lowest BCUT2D eigenvalue weighted by atomic mass is 10.2. The van der Waals surface area contributed by atoms with Crippen LogP contribution in [0.3, 0.4) is 0 Å². The second-order valence-corrected chi connectivity index (χ2v) is 7.14. The zero-order chi connectivity index (χ0) is 16.4. The van der Waals surface area contributed by atoms with E-state index in [9.17, 15) is 22.8 Å². The molecule has 0 heterocycles. The fraction of sp³-hybridized carbons (Fsp3) is 0.182. The second kappa shape index (κ2) is 6.22. The lowest BCUT2D eigenvalue weighted by Crippen LogP contribution is -2.43. The van der Waals surface area contributed by atoms with E-state index < -0.39 is 43.5 Å². The number of carbonyl (C=O) groups is 3. The third kappa shape index (κ3) is 3.79. The van der Waals surface area contributed by atoms with Crippen LogP contribution in [0.1, 0.15) is 17.3 Å². The Kier molecular flexibility index (Phi) is 5.07. The molecule has 21 heavy (non-hydrogen) atoms. The molecule has 0 radical (unpaired) electrons. The molecule has 0 aliphatic heterocycles. The molecule has 0 aromatic heterocycles. The summed E-state index contributed by atoms with van der Waals surface area (Å²) >= 11 is 3.03. The van der Waals surface area contributed by atoms with Crippen LogP contribution in [0.2, 0.25) is 0 Å². The monoisotopic (exact) mass is 378 g/mol. The Balaban J connectivity index is 3.37. The molecule has 0 saturated heterocycles. The summed E-state index contributed by atoms with van der Waals surface area (Å²) in [6.45, 7) is 1.03. The van der Waals surface area contributed by atoms with Crippen LogP contribution in [-0.2, 0) is 14.6 Å². The number of halogens is 1. The van der Waals surface area contributed by atoms with Crippen molar-refractivity contribution in [3.63, 3.8) is 0 Å². The summed E-state index contributed by atoms with van der Waals surface area (Å²) in [6.07, 6.45) is 0. The highest BCUT2D eigenvalue weighted by atomic mass is 79.9. The predicted molar refractivity (Wildman–Crippen MR) is 75.5 cm³/mol. The van der Waals surface area contributed by atoms with Gasteiger partial charge in [-0.25, -0.2) is 18.0 Å². The minimum atomic E-state index is -4.31. The number of hydrogen-bond acceptors (Lipinski definition) is 5. The number of urea groups is 1. The maximum Gasteiger partial charge on any atom is 0.337 e. The molecule has 1 atom stereocenters. The van der Waals surface area contributed by atoms with Crippen molar-refractivity contribution in [2.24, 2.45) is 5.73 Å². The molecule has 10 heteroatoms. The summed E-state index contributed by atoms with van der Waals surface area (Å²) < 4.78 is 25.0. The first-order chi connectivity index (χ1) is 9.57. The summed E-state index contributed by atoms with van der Waals surface area (Å²) in [5.41, 5.74) is 4.27. The maximum absolute atomic E-state index is 12.3. The molecule has 0 fully saturated rings. The highest BCUT2D eigenvalue weighted by Gasteiger charge is 2.33. The van der Waals surface area contributed by atoms with Gasteiger partial charge in [-0.2, -0.15) is 0 Å². The number of rotatable bonds is 4. The average Bonchev–Trinajstić information content (AvgIpc) is 2.36. The van der Waals surface area contributed by atoms with Crippen molar-refractivity contribution < 1.29 is 27.9 Å². The highest BCUT2D eigenvalue weighted by Crippen LogP contribution is 2.25. The first-order valence-electron chi connectivity index (χ1n) is 5.44. The standard InChI is InChI=1S/C11H11BrN2O6S/c1-5(9(15)14-11(13)18)21(19,20)8-4-6(12)2-3-7(8)10(16)17/h2-5H,1H3,(H,16,17)(H3,13,14,15,18). The number of sulfone groups is 1. The fourth-order valence-electron chi connectivity index (χ4n) is 1.46. The zero-order valence-electron chi connectivity index (χ0n) is 10.7. The molecular weight excluding hydrogens is 368 g/mol. The van der Waals surface area contributed by atoms with E-state index in [0.29, 0.717) is 4.47 Å². The van der Waals surface area contributed by atoms with E-state index in [0.717, 1.165) is 19.1 Å². The smallest absolute Gasteiger partial charge is 0.337 e. The van der Waals surface area contributed by atoms with Crippen LogP contribution in [-0.4, -0.2) is 36.7 Å². The number of carbonyl (C=O) groups excluding carboxylic acids is 2. The number of carboxylic acids is 1. The number of nitrogens with two attached hydrogens (primary N) is 1. The van der Waals surface area contributed by atoms with Crippen LogP contribution in [0.5, 0.6) is 0 Å². The van der Waals surface area contributed by atoms with Gasteiger partial charge in [0, 0.05) is 4.47 Å². The van der Waals surface area contributed by atoms with Crippen LogP contribution in [0.15, 0.2) is 27.6 Å². The first-order valence-corrected chi connectivity index (χ1v) is 7.78. The fourth-order valence-corrected chi connectivity index (χ4v) is 3.45. The van der Waals surface area contributed by atoms with Crippen LogP contribution in [0.4, 0.5) is 4.79 Å². The Labute approximate surface area is 128 Å². The molecule has 0 spiro atoms. The predicted octanol–water partition coefficient (Wildman–Crippen LogP) is 0.504. The summed E-state index contributed by atoms with van der Waals surface area (Å²) in [5, 5.41) is 8.99. The van der Waals surface area contributed by atoms with Crippen LogP contribution in [0, 0.1) is 0 Å². The number of aromatic carboxylic acids is 1. The zero-order valence-corrected chi connectivity index (χ0v) is 13.1. The van der Waals surface area contributed by atoms with Gasteiger partial charge in [0.25, 0.3) is 0 Å². The van der Waals surface area contributed by atoms with E-state index in [1.54, 1.807) is 5.32 Å². The van der Waals surface area contributed by atoms with E-state index >= 15 is 0 Å². The van der Waals surface area contributed by atoms with E-state index in [-0.39, 0.29) is 0 Å². The number of hydrogen-bond donors (Lipinski definition) is 3. The lowest BCUT2D eigenvalue weighted by Gasteiger charge is -2.14. The Hall–Kier alpha value is -1.94. The lowest BCUT2D eigenvalue weighted by molar-refractivity contribution is -0.119. The first kappa shape index (κ1) is 17.1. The maximum atomic E-state index is 12.3. The minimum Gasteiger partial charge on any atom is -0.478 e. The van der Waals surface area contributed by atoms with Gasteiger partial charge in [-0.05, 0) is 25.1 Å². The molecule has 4 N–H and O–H groups in total. The Morgan fingerprint density at radius 2 is 1.90 bits per heavy atom. The largest absolute Gasteiger partial charge is 0.478 e. The molecule has 1 unspecified atom stereocenters. The third-order valence-electron chi connectivity index (χ3n) is 2.56. The van der Waals surface area contributed by atoms with E-state index in [1.165, 1.54) is 6.07 Å². The van der Waals surface area contributed by atoms with Gasteiger partial charge in [-0.3, -0.25) is 10.1 Å². The molecule has 3 amide bonds. The molecule has 8 nitrogen and oxygen atoms in total. The number of imide groups is 1.